The molecule has 64 valence electrons. The van der Waals surface area contributed by atoms with E-state index in [4.69, 9.17) is 0 Å². The molecule has 0 unspecified atom stereocenters. The molecule has 1 aromatic rings. The highest BCUT2D eigenvalue weighted by molar-refractivity contribution is 5.43. The van der Waals surface area contributed by atoms with Gasteiger partial charge in [-0.05, 0) is 6.92 Å². The molecule has 1 N–H and O–H groups in total. The average Bonchev–Trinajstić information content (AvgIpc) is 2.05. The lowest BCUT2D eigenvalue weighted by atomic mass is 10.4. The lowest BCUT2D eigenvalue weighted by Crippen LogP contribution is -1.99. The molecule has 0 aliphatic carbocycles. The first-order valence-electron chi connectivity index (χ1n) is 3.58. The van der Waals surface area contributed by atoms with Crippen LogP contribution >= 0.6 is 0 Å². The van der Waals surface area contributed by atoms with Gasteiger partial charge in [0.15, 0.2) is 0 Å². The van der Waals surface area contributed by atoms with Crippen molar-refractivity contribution in [2.45, 2.75) is 6.92 Å². The highest BCUT2D eigenvalue weighted by atomic mass is 16.6. The Bertz CT molecular complexity index is 288. The van der Waals surface area contributed by atoms with Gasteiger partial charge in [0.05, 0.1) is 11.0 Å². The molecule has 0 saturated carbocycles. The van der Waals surface area contributed by atoms with Crippen molar-refractivity contribution in [3.8, 4) is 0 Å². The van der Waals surface area contributed by atoms with Gasteiger partial charge in [0.2, 0.25) is 0 Å². The predicted octanol–water partition coefficient (Wildman–Crippen LogP) is 1.42. The fraction of sp³-hybridized carbons (Fsp3) is 0.286. The maximum Gasteiger partial charge on any atom is 0.274 e. The quantitative estimate of drug-likeness (QED) is 0.546. The van der Waals surface area contributed by atoms with E-state index >= 15 is 0 Å². The molecule has 0 spiro atoms. The highest BCUT2D eigenvalue weighted by Crippen LogP contribution is 2.13. The monoisotopic (exact) mass is 167 g/mol. The highest BCUT2D eigenvalue weighted by Gasteiger charge is 2.04. The van der Waals surface area contributed by atoms with Gasteiger partial charge in [-0.2, -0.15) is 0 Å². The molecule has 12 heavy (non-hydrogen) atoms. The number of aromatic nitrogens is 1. The Hall–Kier alpha value is -1.65. The van der Waals surface area contributed by atoms with Crippen LogP contribution in [0.2, 0.25) is 0 Å². The van der Waals surface area contributed by atoms with Gasteiger partial charge in [-0.3, -0.25) is 10.1 Å². The normalized spacial score (nSPS) is 9.42. The fourth-order valence-corrected chi connectivity index (χ4v) is 0.811. The lowest BCUT2D eigenvalue weighted by Gasteiger charge is -1.99. The van der Waals surface area contributed by atoms with Crippen molar-refractivity contribution in [3.05, 3.63) is 28.4 Å². The second-order valence-electron chi connectivity index (χ2n) is 2.19. The van der Waals surface area contributed by atoms with E-state index in [1.807, 2.05) is 6.92 Å². The van der Waals surface area contributed by atoms with E-state index in [0.717, 1.165) is 0 Å². The Morgan fingerprint density at radius 2 is 2.50 bits per heavy atom. The minimum absolute atomic E-state index is 0.0564. The van der Waals surface area contributed by atoms with Crippen molar-refractivity contribution in [2.24, 2.45) is 0 Å². The second-order valence-corrected chi connectivity index (χ2v) is 2.19. The number of hydrogen-bond acceptors (Lipinski definition) is 4. The van der Waals surface area contributed by atoms with Crippen molar-refractivity contribution in [2.75, 3.05) is 11.9 Å². The first-order chi connectivity index (χ1) is 5.74. The molecule has 1 heterocycles. The van der Waals surface area contributed by atoms with Crippen LogP contribution in [0.1, 0.15) is 6.92 Å². The zero-order valence-electron chi connectivity index (χ0n) is 6.65. The Labute approximate surface area is 69.6 Å². The summed E-state index contributed by atoms with van der Waals surface area (Å²) < 4.78 is 0. The SMILES string of the molecule is CCNc1cc([N+](=O)[O-])ccn1. The van der Waals surface area contributed by atoms with Crippen molar-refractivity contribution in [3.63, 3.8) is 0 Å². The minimum Gasteiger partial charge on any atom is -0.370 e. The molecule has 0 aliphatic rings. The zero-order valence-corrected chi connectivity index (χ0v) is 6.65. The summed E-state index contributed by atoms with van der Waals surface area (Å²) in [7, 11) is 0. The number of nitro groups is 1. The van der Waals surface area contributed by atoms with Gasteiger partial charge >= 0.3 is 0 Å². The van der Waals surface area contributed by atoms with Crippen molar-refractivity contribution in [1.82, 2.24) is 4.98 Å². The van der Waals surface area contributed by atoms with Crippen LogP contribution in [0.25, 0.3) is 0 Å². The number of rotatable bonds is 3. The summed E-state index contributed by atoms with van der Waals surface area (Å²) >= 11 is 0. The minimum atomic E-state index is -0.442. The van der Waals surface area contributed by atoms with Gasteiger partial charge in [-0.1, -0.05) is 0 Å². The van der Waals surface area contributed by atoms with Gasteiger partial charge in [-0.25, -0.2) is 4.98 Å². The van der Waals surface area contributed by atoms with Crippen LogP contribution < -0.4 is 5.32 Å². The van der Waals surface area contributed by atoms with E-state index in [9.17, 15) is 10.1 Å². The second kappa shape index (κ2) is 3.66. The Morgan fingerprint density at radius 1 is 1.75 bits per heavy atom. The summed E-state index contributed by atoms with van der Waals surface area (Å²) in [5, 5.41) is 13.2. The molecular formula is C7H9N3O2. The van der Waals surface area contributed by atoms with Crippen LogP contribution in [0.15, 0.2) is 18.3 Å². The first-order valence-corrected chi connectivity index (χ1v) is 3.58. The Kier molecular flexibility index (Phi) is 2.57. The standard InChI is InChI=1S/C7H9N3O2/c1-2-8-7-5-6(10(11)12)3-4-9-7/h3-5H,2H2,1H3,(H,8,9). The maximum atomic E-state index is 10.3. The number of nitrogens with one attached hydrogen (secondary N) is 1. The van der Waals surface area contributed by atoms with Crippen molar-refractivity contribution < 1.29 is 4.92 Å². The largest absolute Gasteiger partial charge is 0.370 e. The molecular weight excluding hydrogens is 158 g/mol. The average molecular weight is 167 g/mol. The molecule has 0 aliphatic heterocycles. The molecule has 0 atom stereocenters. The molecule has 0 fully saturated rings. The summed E-state index contributed by atoms with van der Waals surface area (Å²) in [6.07, 6.45) is 1.41. The third kappa shape index (κ3) is 1.91. The predicted molar refractivity (Wildman–Crippen MR) is 45.1 cm³/mol. The summed E-state index contributed by atoms with van der Waals surface area (Å²) in [6.45, 7) is 2.61. The van der Waals surface area contributed by atoms with E-state index in [0.29, 0.717) is 12.4 Å². The molecule has 0 saturated heterocycles. The summed E-state index contributed by atoms with van der Waals surface area (Å²) in [6, 6.07) is 2.77. The third-order valence-electron chi connectivity index (χ3n) is 1.31. The van der Waals surface area contributed by atoms with E-state index in [1.165, 1.54) is 18.3 Å². The van der Waals surface area contributed by atoms with Crippen LogP contribution in [-0.4, -0.2) is 16.5 Å². The fourth-order valence-electron chi connectivity index (χ4n) is 0.811. The number of nitrogens with zero attached hydrogens (tertiary/aromatic N) is 2. The van der Waals surface area contributed by atoms with Gasteiger partial charge < -0.3 is 5.32 Å². The Morgan fingerprint density at radius 3 is 3.08 bits per heavy atom. The molecule has 0 bridgehead atoms. The first kappa shape index (κ1) is 8.45. The molecule has 0 amide bonds. The Balaban J connectivity index is 2.88. The molecule has 5 nitrogen and oxygen atoms in total. The lowest BCUT2D eigenvalue weighted by molar-refractivity contribution is -0.384. The van der Waals surface area contributed by atoms with Gasteiger partial charge in [0.25, 0.3) is 5.69 Å². The van der Waals surface area contributed by atoms with E-state index in [2.05, 4.69) is 10.3 Å². The number of pyridine rings is 1. The van der Waals surface area contributed by atoms with Crippen molar-refractivity contribution in [1.29, 1.82) is 0 Å². The van der Waals surface area contributed by atoms with Crippen molar-refractivity contribution >= 4 is 11.5 Å². The van der Waals surface area contributed by atoms with E-state index < -0.39 is 4.92 Å². The van der Waals surface area contributed by atoms with Crippen LogP contribution in [0.4, 0.5) is 11.5 Å². The van der Waals surface area contributed by atoms with E-state index in [-0.39, 0.29) is 5.69 Å². The number of anilines is 1. The van der Waals surface area contributed by atoms with Gasteiger partial charge in [-0.15, -0.1) is 0 Å². The summed E-state index contributed by atoms with van der Waals surface area (Å²) in [4.78, 5) is 13.8. The topological polar surface area (TPSA) is 68.1 Å². The van der Waals surface area contributed by atoms with Crippen LogP contribution in [0.5, 0.6) is 0 Å². The summed E-state index contributed by atoms with van der Waals surface area (Å²) in [5.41, 5.74) is 0.0564. The zero-order chi connectivity index (χ0) is 8.97. The smallest absolute Gasteiger partial charge is 0.274 e. The van der Waals surface area contributed by atoms with Gasteiger partial charge in [0.1, 0.15) is 5.82 Å². The molecule has 0 radical (unpaired) electrons. The molecule has 1 rings (SSSR count). The number of hydrogen-bond donors (Lipinski definition) is 1. The van der Waals surface area contributed by atoms with Crippen LogP contribution in [0.3, 0.4) is 0 Å². The maximum absolute atomic E-state index is 10.3. The molecule has 0 aromatic carbocycles. The van der Waals surface area contributed by atoms with Crippen LogP contribution in [0, 0.1) is 10.1 Å². The molecule has 5 heteroatoms. The van der Waals surface area contributed by atoms with Crippen LogP contribution in [-0.2, 0) is 0 Å². The summed E-state index contributed by atoms with van der Waals surface area (Å²) in [5.74, 6) is 0.534. The third-order valence-corrected chi connectivity index (χ3v) is 1.31. The van der Waals surface area contributed by atoms with E-state index in [1.54, 1.807) is 0 Å². The molecule has 1 aromatic heterocycles. The van der Waals surface area contributed by atoms with Gasteiger partial charge in [0, 0.05) is 18.8 Å².